The van der Waals surface area contributed by atoms with E-state index in [1.165, 1.54) is 0 Å². The molecule has 0 saturated heterocycles. The largest absolute Gasteiger partial charge is 0.504 e. The van der Waals surface area contributed by atoms with Gasteiger partial charge in [-0.25, -0.2) is 16.8 Å². The lowest BCUT2D eigenvalue weighted by Crippen LogP contribution is -2.45. The molecule has 0 heterocycles. The lowest BCUT2D eigenvalue weighted by Gasteiger charge is -2.23. The molecular formula is C19H18N2O8S2. The van der Waals surface area contributed by atoms with Crippen LogP contribution in [0.3, 0.4) is 0 Å². The highest BCUT2D eigenvalue weighted by atomic mass is 32.2. The maximum absolute atomic E-state index is 13.1. The maximum Gasteiger partial charge on any atom is 0.257 e. The van der Waals surface area contributed by atoms with E-state index < -0.39 is 59.4 Å². The molecule has 0 radical (unpaired) electrons. The van der Waals surface area contributed by atoms with Crippen LogP contribution < -0.4 is 4.83 Å². The van der Waals surface area contributed by atoms with Crippen LogP contribution in [0.15, 0.2) is 76.5 Å². The Labute approximate surface area is 178 Å². The standard InChI is InChI=1S/C19H18N2O8S2/c22-16-8-6-14(10-18(16)24)30(26,27)20-21(12-13-4-2-1-3-5-13)31(28,29)15-7-9-17(23)19(25)11-15/h1-11,20,22-25H,12H2. The highest BCUT2D eigenvalue weighted by molar-refractivity contribution is 7.92. The van der Waals surface area contributed by atoms with Crippen molar-refractivity contribution in [1.29, 1.82) is 0 Å². The molecule has 0 spiro atoms. The van der Waals surface area contributed by atoms with E-state index in [-0.39, 0.29) is 0 Å². The molecule has 0 bridgehead atoms. The number of hydrogen-bond donors (Lipinski definition) is 5. The minimum atomic E-state index is -4.54. The fraction of sp³-hybridized carbons (Fsp3) is 0.0526. The molecule has 10 nitrogen and oxygen atoms in total. The van der Waals surface area contributed by atoms with Crippen LogP contribution in [0.1, 0.15) is 5.56 Å². The van der Waals surface area contributed by atoms with Gasteiger partial charge in [-0.15, -0.1) is 9.25 Å². The molecule has 0 amide bonds. The van der Waals surface area contributed by atoms with E-state index in [4.69, 9.17) is 0 Å². The Bertz CT molecular complexity index is 1310. The van der Waals surface area contributed by atoms with Crippen molar-refractivity contribution < 1.29 is 37.3 Å². The summed E-state index contributed by atoms with van der Waals surface area (Å²) in [5.41, 5.74) is 0.449. The summed E-state index contributed by atoms with van der Waals surface area (Å²) in [7, 11) is -9.05. The molecular weight excluding hydrogens is 448 g/mol. The normalized spacial score (nSPS) is 12.2. The molecule has 3 aromatic carbocycles. The van der Waals surface area contributed by atoms with Crippen molar-refractivity contribution in [3.05, 3.63) is 72.3 Å². The Morgan fingerprint density at radius 1 is 0.677 bits per heavy atom. The van der Waals surface area contributed by atoms with Crippen LogP contribution in [0.2, 0.25) is 0 Å². The zero-order chi connectivity index (χ0) is 22.8. The molecule has 12 heteroatoms. The van der Waals surface area contributed by atoms with E-state index >= 15 is 0 Å². The smallest absolute Gasteiger partial charge is 0.257 e. The molecule has 0 aromatic heterocycles. The summed E-state index contributed by atoms with van der Waals surface area (Å²) in [5.74, 6) is -2.50. The molecule has 0 aliphatic heterocycles. The van der Waals surface area contributed by atoms with Gasteiger partial charge < -0.3 is 20.4 Å². The first-order valence-corrected chi connectivity index (χ1v) is 11.6. The van der Waals surface area contributed by atoms with E-state index in [1.807, 2.05) is 4.83 Å². The van der Waals surface area contributed by atoms with E-state index in [2.05, 4.69) is 0 Å². The number of phenols is 4. The zero-order valence-electron chi connectivity index (χ0n) is 15.7. The third-order valence-corrected chi connectivity index (χ3v) is 7.28. The van der Waals surface area contributed by atoms with Crippen molar-refractivity contribution >= 4 is 20.0 Å². The van der Waals surface area contributed by atoms with E-state index in [0.717, 1.165) is 36.4 Å². The number of aromatic hydroxyl groups is 4. The highest BCUT2D eigenvalue weighted by Gasteiger charge is 2.31. The predicted molar refractivity (Wildman–Crippen MR) is 109 cm³/mol. The van der Waals surface area contributed by atoms with Crippen LogP contribution in [0.25, 0.3) is 0 Å². The average Bonchev–Trinajstić information content (AvgIpc) is 2.72. The highest BCUT2D eigenvalue weighted by Crippen LogP contribution is 2.30. The van der Waals surface area contributed by atoms with Crippen LogP contribution in [0.4, 0.5) is 0 Å². The first-order chi connectivity index (χ1) is 14.5. The summed E-state index contributed by atoms with van der Waals surface area (Å²) in [5, 5.41) is 38.1. The Morgan fingerprint density at radius 3 is 1.74 bits per heavy atom. The second kappa shape index (κ2) is 8.43. The lowest BCUT2D eigenvalue weighted by molar-refractivity contribution is 0.369. The Hall–Kier alpha value is -3.32. The molecule has 0 aliphatic carbocycles. The van der Waals surface area contributed by atoms with Gasteiger partial charge in [-0.2, -0.15) is 0 Å². The molecule has 164 valence electrons. The molecule has 5 N–H and O–H groups in total. The fourth-order valence-electron chi connectivity index (χ4n) is 2.56. The van der Waals surface area contributed by atoms with E-state index in [1.54, 1.807) is 30.3 Å². The van der Waals surface area contributed by atoms with Gasteiger partial charge in [0.05, 0.1) is 16.3 Å². The minimum absolute atomic E-state index is 0.409. The lowest BCUT2D eigenvalue weighted by atomic mass is 10.2. The monoisotopic (exact) mass is 466 g/mol. The number of hydrogen-bond acceptors (Lipinski definition) is 8. The predicted octanol–water partition coefficient (Wildman–Crippen LogP) is 1.59. The van der Waals surface area contributed by atoms with Crippen LogP contribution in [0, 0.1) is 0 Å². The van der Waals surface area contributed by atoms with Crippen molar-refractivity contribution in [1.82, 2.24) is 9.25 Å². The third kappa shape index (κ3) is 4.88. The second-order valence-electron chi connectivity index (χ2n) is 6.39. The van der Waals surface area contributed by atoms with Gasteiger partial charge in [0.1, 0.15) is 0 Å². The van der Waals surface area contributed by atoms with Crippen LogP contribution >= 0.6 is 0 Å². The van der Waals surface area contributed by atoms with Gasteiger partial charge in [-0.1, -0.05) is 30.3 Å². The van der Waals surface area contributed by atoms with Gasteiger partial charge in [0.2, 0.25) is 0 Å². The zero-order valence-corrected chi connectivity index (χ0v) is 17.4. The summed E-state index contributed by atoms with van der Waals surface area (Å²) in [6.45, 7) is -0.409. The van der Waals surface area contributed by atoms with E-state index in [9.17, 15) is 37.3 Å². The number of hydrazine groups is 1. The Morgan fingerprint density at radius 2 is 1.19 bits per heavy atom. The third-order valence-electron chi connectivity index (χ3n) is 4.18. The molecule has 0 unspecified atom stereocenters. The first-order valence-electron chi connectivity index (χ1n) is 8.64. The van der Waals surface area contributed by atoms with Gasteiger partial charge in [0.15, 0.2) is 23.0 Å². The van der Waals surface area contributed by atoms with Crippen LogP contribution in [0.5, 0.6) is 23.0 Å². The molecule has 0 atom stereocenters. The molecule has 0 saturated carbocycles. The molecule has 31 heavy (non-hydrogen) atoms. The van der Waals surface area contributed by atoms with Crippen molar-refractivity contribution in [3.8, 4) is 23.0 Å². The SMILES string of the molecule is O=S(=O)(NN(Cc1ccccc1)S(=O)(=O)c1ccc(O)c(O)c1)c1ccc(O)c(O)c1. The molecule has 0 aliphatic rings. The summed E-state index contributed by atoms with van der Waals surface area (Å²) in [6, 6.07) is 13.6. The average molecular weight is 466 g/mol. The van der Waals surface area contributed by atoms with Crippen molar-refractivity contribution in [2.75, 3.05) is 0 Å². The Kier molecular flexibility index (Phi) is 6.08. The van der Waals surface area contributed by atoms with Crippen LogP contribution in [-0.2, 0) is 26.6 Å². The first kappa shape index (κ1) is 22.4. The van der Waals surface area contributed by atoms with Crippen LogP contribution in [-0.4, -0.2) is 41.7 Å². The quantitative estimate of drug-likeness (QED) is 0.259. The second-order valence-corrected chi connectivity index (χ2v) is 9.92. The fourth-order valence-corrected chi connectivity index (χ4v) is 5.28. The number of sulfonamides is 2. The summed E-state index contributed by atoms with van der Waals surface area (Å²) in [4.78, 5) is 0.986. The van der Waals surface area contributed by atoms with Gasteiger partial charge in [-0.05, 0) is 29.8 Å². The summed E-state index contributed by atoms with van der Waals surface area (Å²) in [6.07, 6.45) is 0. The van der Waals surface area contributed by atoms with Gasteiger partial charge in [0.25, 0.3) is 20.0 Å². The number of rotatable bonds is 7. The molecule has 3 rings (SSSR count). The Balaban J connectivity index is 2.05. The maximum atomic E-state index is 13.1. The van der Waals surface area contributed by atoms with Crippen molar-refractivity contribution in [2.45, 2.75) is 16.3 Å². The van der Waals surface area contributed by atoms with E-state index in [0.29, 0.717) is 9.98 Å². The van der Waals surface area contributed by atoms with Gasteiger partial charge in [0, 0.05) is 12.1 Å². The number of nitrogens with zero attached hydrogens (tertiary/aromatic N) is 1. The molecule has 3 aromatic rings. The van der Waals surface area contributed by atoms with Gasteiger partial charge in [-0.3, -0.25) is 0 Å². The minimum Gasteiger partial charge on any atom is -0.504 e. The summed E-state index contributed by atoms with van der Waals surface area (Å²) < 4.78 is 52.3. The van der Waals surface area contributed by atoms with Crippen molar-refractivity contribution in [3.63, 3.8) is 0 Å². The topological polar surface area (TPSA) is 164 Å². The number of phenolic OH excluding ortho intramolecular Hbond substituents is 4. The van der Waals surface area contributed by atoms with Gasteiger partial charge >= 0.3 is 0 Å². The molecule has 0 fully saturated rings. The summed E-state index contributed by atoms with van der Waals surface area (Å²) >= 11 is 0. The number of benzene rings is 3. The number of nitrogens with one attached hydrogen (secondary N) is 1. The van der Waals surface area contributed by atoms with Crippen molar-refractivity contribution in [2.24, 2.45) is 0 Å².